The van der Waals surface area contributed by atoms with E-state index in [0.29, 0.717) is 46.7 Å². The summed E-state index contributed by atoms with van der Waals surface area (Å²) in [6.07, 6.45) is 3.82. The highest BCUT2D eigenvalue weighted by atomic mass is 32.2. The van der Waals surface area contributed by atoms with Crippen LogP contribution in [0.3, 0.4) is 0 Å². The van der Waals surface area contributed by atoms with Crippen molar-refractivity contribution in [2.75, 3.05) is 15.4 Å². The van der Waals surface area contributed by atoms with Gasteiger partial charge in [-0.3, -0.25) is 9.52 Å². The molecule has 2 fully saturated rings. The van der Waals surface area contributed by atoms with E-state index in [1.165, 1.54) is 42.5 Å². The molecule has 0 saturated heterocycles. The van der Waals surface area contributed by atoms with Crippen molar-refractivity contribution in [1.82, 2.24) is 0 Å². The van der Waals surface area contributed by atoms with Crippen molar-refractivity contribution in [2.24, 2.45) is 17.8 Å². The van der Waals surface area contributed by atoms with E-state index < -0.39 is 10.0 Å². The van der Waals surface area contributed by atoms with Crippen LogP contribution in [0.4, 0.5) is 17.1 Å². The second kappa shape index (κ2) is 10.1. The molecule has 2 bridgehead atoms. The Morgan fingerprint density at radius 1 is 0.829 bits per heavy atom. The maximum Gasteiger partial charge on any atom is 0.261 e. The number of sulfonamides is 1. The molecule has 0 spiro atoms. The lowest BCUT2D eigenvalue weighted by atomic mass is 9.68. The van der Waals surface area contributed by atoms with Gasteiger partial charge in [0.05, 0.1) is 10.9 Å². The number of benzene rings is 4. The first-order valence-corrected chi connectivity index (χ1v) is 15.8. The lowest BCUT2D eigenvalue weighted by Crippen LogP contribution is -2.35. The summed E-state index contributed by atoms with van der Waals surface area (Å²) < 4.78 is 28.3. The Morgan fingerprint density at radius 3 is 2.39 bits per heavy atom. The van der Waals surface area contributed by atoms with Gasteiger partial charge in [0.15, 0.2) is 0 Å². The summed E-state index contributed by atoms with van der Waals surface area (Å²) in [6, 6.07) is 30.5. The Morgan fingerprint density at radius 2 is 1.61 bits per heavy atom. The minimum atomic E-state index is -3.74. The van der Waals surface area contributed by atoms with E-state index in [0.717, 1.165) is 11.3 Å². The lowest BCUT2D eigenvalue weighted by Gasteiger charge is -2.43. The predicted molar refractivity (Wildman–Crippen MR) is 163 cm³/mol. The van der Waals surface area contributed by atoms with E-state index in [4.69, 9.17) is 0 Å². The molecule has 3 N–H and O–H groups in total. The van der Waals surface area contributed by atoms with E-state index in [2.05, 4.69) is 57.8 Å². The quantitative estimate of drug-likeness (QED) is 0.229. The van der Waals surface area contributed by atoms with E-state index in [-0.39, 0.29) is 10.8 Å². The normalized spacial score (nSPS) is 24.2. The highest BCUT2D eigenvalue weighted by Gasteiger charge is 2.53. The fraction of sp³-hybridized carbons (Fsp3) is 0.265. The number of carbonyl (C=O) groups is 1. The maximum absolute atomic E-state index is 13.3. The summed E-state index contributed by atoms with van der Waals surface area (Å²) in [5.41, 5.74) is 6.35. The molecular formula is C34H33N3O3S. The van der Waals surface area contributed by atoms with Crippen LogP contribution < -0.4 is 15.4 Å². The number of aryl methyl sites for hydroxylation is 1. The summed E-state index contributed by atoms with van der Waals surface area (Å²) >= 11 is 0. The SMILES string of the molecule is Cc1cccc(NS(=O)(=O)c2ccc(NC(=O)c3ccc4c(c3)[C@@H]3[C@H]5CC[C@@H](C5)[C@H]3[C@@H](c3ccccc3)N4)cc2)c1. The van der Waals surface area contributed by atoms with Gasteiger partial charge in [0.2, 0.25) is 0 Å². The maximum atomic E-state index is 13.3. The monoisotopic (exact) mass is 563 g/mol. The third-order valence-corrected chi connectivity index (χ3v) is 10.6. The smallest absolute Gasteiger partial charge is 0.261 e. The molecular weight excluding hydrogens is 530 g/mol. The van der Waals surface area contributed by atoms with Crippen LogP contribution in [-0.4, -0.2) is 14.3 Å². The Hall–Kier alpha value is -4.10. The van der Waals surface area contributed by atoms with Crippen molar-refractivity contribution < 1.29 is 13.2 Å². The first-order chi connectivity index (χ1) is 19.9. The van der Waals surface area contributed by atoms with Crippen molar-refractivity contribution in [1.29, 1.82) is 0 Å². The van der Waals surface area contributed by atoms with Gasteiger partial charge < -0.3 is 10.6 Å². The molecule has 5 atom stereocenters. The zero-order chi connectivity index (χ0) is 28.1. The largest absolute Gasteiger partial charge is 0.378 e. The number of hydrogen-bond acceptors (Lipinski definition) is 4. The molecule has 1 amide bonds. The van der Waals surface area contributed by atoms with Gasteiger partial charge in [-0.2, -0.15) is 0 Å². The van der Waals surface area contributed by atoms with Crippen LogP contribution in [-0.2, 0) is 10.0 Å². The number of amides is 1. The third kappa shape index (κ3) is 4.78. The first-order valence-electron chi connectivity index (χ1n) is 14.3. The molecule has 4 aromatic rings. The van der Waals surface area contributed by atoms with Gasteiger partial charge in [0.1, 0.15) is 0 Å². The predicted octanol–water partition coefficient (Wildman–Crippen LogP) is 7.34. The number of nitrogens with one attached hydrogen (secondary N) is 3. The minimum absolute atomic E-state index is 0.132. The number of anilines is 3. The highest BCUT2D eigenvalue weighted by molar-refractivity contribution is 7.92. The van der Waals surface area contributed by atoms with Crippen LogP contribution in [0.15, 0.2) is 102 Å². The molecule has 1 heterocycles. The lowest BCUT2D eigenvalue weighted by molar-refractivity contribution is 0.102. The standard InChI is InChI=1S/C34H33N3O3S/c1-21-6-5-9-27(18-21)37-41(39,40)28-15-13-26(14-16-28)35-34(38)25-12-17-30-29(20-25)31-23-10-11-24(19-23)32(31)33(36-30)22-7-3-2-4-8-22/h2-9,12-18,20,23-24,31-33,36-37H,10-11,19H2,1H3,(H,35,38)/t23-,24-,31-,32+,33+/m0/s1. The zero-order valence-electron chi connectivity index (χ0n) is 22.9. The molecule has 2 saturated carbocycles. The molecule has 0 unspecified atom stereocenters. The number of fused-ring (bicyclic) bond motifs is 7. The second-order valence-electron chi connectivity index (χ2n) is 11.7. The van der Waals surface area contributed by atoms with Gasteiger partial charge in [0.25, 0.3) is 15.9 Å². The van der Waals surface area contributed by atoms with Crippen LogP contribution >= 0.6 is 0 Å². The molecule has 1 aliphatic heterocycles. The summed E-state index contributed by atoms with van der Waals surface area (Å²) in [6.45, 7) is 1.91. The molecule has 2 aliphatic carbocycles. The Bertz CT molecular complexity index is 1720. The molecule has 6 nitrogen and oxygen atoms in total. The molecule has 208 valence electrons. The summed E-state index contributed by atoms with van der Waals surface area (Å²) in [5, 5.41) is 6.79. The van der Waals surface area contributed by atoms with Crippen molar-refractivity contribution in [2.45, 2.75) is 43.0 Å². The summed E-state index contributed by atoms with van der Waals surface area (Å²) in [7, 11) is -3.74. The molecule has 7 rings (SSSR count). The molecule has 0 aromatic heterocycles. The van der Waals surface area contributed by atoms with Crippen molar-refractivity contribution in [3.63, 3.8) is 0 Å². The van der Waals surface area contributed by atoms with Gasteiger partial charge in [-0.1, -0.05) is 42.5 Å². The van der Waals surface area contributed by atoms with E-state index >= 15 is 0 Å². The van der Waals surface area contributed by atoms with Crippen LogP contribution in [0.1, 0.15) is 58.3 Å². The van der Waals surface area contributed by atoms with Crippen molar-refractivity contribution in [3.05, 3.63) is 119 Å². The molecule has 7 heteroatoms. The first kappa shape index (κ1) is 25.8. The molecule has 3 aliphatic rings. The topological polar surface area (TPSA) is 87.3 Å². The van der Waals surface area contributed by atoms with E-state index in [1.54, 1.807) is 24.3 Å². The van der Waals surface area contributed by atoms with Crippen molar-refractivity contribution in [3.8, 4) is 0 Å². The van der Waals surface area contributed by atoms with Gasteiger partial charge in [-0.25, -0.2) is 8.42 Å². The third-order valence-electron chi connectivity index (χ3n) is 9.20. The molecule has 0 radical (unpaired) electrons. The number of rotatable bonds is 6. The van der Waals surface area contributed by atoms with Crippen LogP contribution in [0, 0.1) is 24.7 Å². The average Bonchev–Trinajstić information content (AvgIpc) is 3.60. The van der Waals surface area contributed by atoms with E-state index in [1.807, 2.05) is 25.1 Å². The van der Waals surface area contributed by atoms with E-state index in [9.17, 15) is 13.2 Å². The molecule has 41 heavy (non-hydrogen) atoms. The van der Waals surface area contributed by atoms with Crippen LogP contribution in [0.5, 0.6) is 0 Å². The Kier molecular flexibility index (Phi) is 6.35. The van der Waals surface area contributed by atoms with Crippen LogP contribution in [0.25, 0.3) is 0 Å². The fourth-order valence-electron chi connectivity index (χ4n) is 7.46. The van der Waals surface area contributed by atoms with Gasteiger partial charge in [-0.15, -0.1) is 0 Å². The summed E-state index contributed by atoms with van der Waals surface area (Å²) in [5.74, 6) is 2.16. The van der Waals surface area contributed by atoms with Crippen LogP contribution in [0.2, 0.25) is 0 Å². The number of hydrogen-bond donors (Lipinski definition) is 3. The van der Waals surface area contributed by atoms with Gasteiger partial charge in [0, 0.05) is 22.6 Å². The Balaban J connectivity index is 1.10. The zero-order valence-corrected chi connectivity index (χ0v) is 23.7. The van der Waals surface area contributed by atoms with Gasteiger partial charge >= 0.3 is 0 Å². The van der Waals surface area contributed by atoms with Crippen molar-refractivity contribution >= 4 is 33.0 Å². The molecule has 4 aromatic carbocycles. The number of carbonyl (C=O) groups excluding carboxylic acids is 1. The Labute approximate surface area is 241 Å². The minimum Gasteiger partial charge on any atom is -0.378 e. The fourth-order valence-corrected chi connectivity index (χ4v) is 8.51. The highest BCUT2D eigenvalue weighted by Crippen LogP contribution is 2.63. The average molecular weight is 564 g/mol. The second-order valence-corrected chi connectivity index (χ2v) is 13.4. The van der Waals surface area contributed by atoms with Gasteiger partial charge in [-0.05, 0) is 121 Å². The summed E-state index contributed by atoms with van der Waals surface area (Å²) in [4.78, 5) is 13.5.